The first-order chi connectivity index (χ1) is 14.6. The minimum atomic E-state index is -0.287. The summed E-state index contributed by atoms with van der Waals surface area (Å²) in [5, 5.41) is 3.44. The van der Waals surface area contributed by atoms with Crippen LogP contribution in [0.4, 0.5) is 4.39 Å². The molecule has 4 heteroatoms. The Hall–Kier alpha value is -1.94. The van der Waals surface area contributed by atoms with Gasteiger partial charge in [-0.1, -0.05) is 19.1 Å². The number of halogens is 1. The molecule has 4 rings (SSSR count). The fraction of sp³-hybridized carbons (Fsp3) is 0.577. The third-order valence-corrected chi connectivity index (χ3v) is 7.25. The first kappa shape index (κ1) is 21.3. The molecule has 0 unspecified atom stereocenters. The molecule has 162 valence electrons. The lowest BCUT2D eigenvalue weighted by atomic mass is 9.88. The number of aromatic nitrogens is 1. The highest BCUT2D eigenvalue weighted by atomic mass is 19.1. The largest absolute Gasteiger partial charge is 0.494 e. The van der Waals surface area contributed by atoms with E-state index in [0.29, 0.717) is 17.6 Å². The molecule has 2 fully saturated rings. The Kier molecular flexibility index (Phi) is 7.04. The lowest BCUT2D eigenvalue weighted by Crippen LogP contribution is -2.28. The molecule has 2 aromatic rings. The summed E-state index contributed by atoms with van der Waals surface area (Å²) in [6.45, 7) is 4.54. The van der Waals surface area contributed by atoms with Crippen molar-refractivity contribution >= 4 is 0 Å². The minimum absolute atomic E-state index is 0.287. The van der Waals surface area contributed by atoms with Crippen LogP contribution in [-0.4, -0.2) is 25.2 Å². The third-order valence-electron chi connectivity index (χ3n) is 7.25. The molecule has 1 aliphatic carbocycles. The lowest BCUT2D eigenvalue weighted by molar-refractivity contribution is 0.370. The molecule has 3 atom stereocenters. The Labute approximate surface area is 180 Å². The van der Waals surface area contributed by atoms with Crippen LogP contribution >= 0.6 is 0 Å². The van der Waals surface area contributed by atoms with E-state index in [0.717, 1.165) is 37.8 Å². The van der Waals surface area contributed by atoms with E-state index in [9.17, 15) is 4.39 Å². The Bertz CT molecular complexity index is 816. The van der Waals surface area contributed by atoms with Crippen LogP contribution in [0, 0.1) is 17.7 Å². The van der Waals surface area contributed by atoms with Gasteiger partial charge in [-0.25, -0.2) is 4.39 Å². The van der Waals surface area contributed by atoms with Crippen molar-refractivity contribution in [1.82, 2.24) is 10.3 Å². The number of benzene rings is 1. The van der Waals surface area contributed by atoms with Gasteiger partial charge in [0.1, 0.15) is 0 Å². The van der Waals surface area contributed by atoms with Gasteiger partial charge < -0.3 is 10.1 Å². The topological polar surface area (TPSA) is 34.1 Å². The number of methoxy groups -OCH3 is 1. The smallest absolute Gasteiger partial charge is 0.165 e. The monoisotopic (exact) mass is 410 g/mol. The Morgan fingerprint density at radius 3 is 2.67 bits per heavy atom. The van der Waals surface area contributed by atoms with Crippen LogP contribution in [-0.2, 0) is 6.42 Å². The number of hydrogen-bond donors (Lipinski definition) is 1. The fourth-order valence-electron chi connectivity index (χ4n) is 5.39. The molecule has 1 aromatic heterocycles. The average Bonchev–Trinajstić information content (AvgIpc) is 3.23. The molecule has 30 heavy (non-hydrogen) atoms. The zero-order valence-electron chi connectivity index (χ0n) is 18.4. The van der Waals surface area contributed by atoms with Gasteiger partial charge in [-0.15, -0.1) is 0 Å². The van der Waals surface area contributed by atoms with Crippen LogP contribution in [0.5, 0.6) is 5.75 Å². The summed E-state index contributed by atoms with van der Waals surface area (Å²) < 4.78 is 18.9. The maximum Gasteiger partial charge on any atom is 0.165 e. The highest BCUT2D eigenvalue weighted by Crippen LogP contribution is 2.42. The van der Waals surface area contributed by atoms with Crippen molar-refractivity contribution in [3.8, 4) is 5.75 Å². The Balaban J connectivity index is 1.30. The molecule has 1 aliphatic heterocycles. The molecular formula is C26H35FN2O. The standard InChI is InChI=1S/C26H35FN2O/c1-18(21-6-8-25(27)26(16-21)30-2)13-20-3-4-22(14-20)23-5-7-24(29-17-23)15-19-9-11-28-12-10-19/h5-8,16-20,22,28H,3-4,9-15H2,1-2H3/t18-,20+,22+/m0/s1. The van der Waals surface area contributed by atoms with Gasteiger partial charge in [0.25, 0.3) is 0 Å². The second-order valence-corrected chi connectivity index (χ2v) is 9.39. The fourth-order valence-corrected chi connectivity index (χ4v) is 5.39. The molecule has 2 heterocycles. The molecule has 1 saturated carbocycles. The van der Waals surface area contributed by atoms with Crippen molar-refractivity contribution < 1.29 is 9.13 Å². The van der Waals surface area contributed by atoms with Gasteiger partial charge in [0.2, 0.25) is 0 Å². The number of ether oxygens (including phenoxy) is 1. The van der Waals surface area contributed by atoms with Crippen molar-refractivity contribution in [2.75, 3.05) is 20.2 Å². The summed E-state index contributed by atoms with van der Waals surface area (Å²) in [7, 11) is 1.53. The third kappa shape index (κ3) is 5.21. The summed E-state index contributed by atoms with van der Waals surface area (Å²) in [4.78, 5) is 4.81. The first-order valence-electron chi connectivity index (χ1n) is 11.6. The highest BCUT2D eigenvalue weighted by Gasteiger charge is 2.28. The van der Waals surface area contributed by atoms with Crippen LogP contribution in [0.15, 0.2) is 36.5 Å². The quantitative estimate of drug-likeness (QED) is 0.622. The lowest BCUT2D eigenvalue weighted by Gasteiger charge is -2.22. The van der Waals surface area contributed by atoms with Gasteiger partial charge in [0, 0.05) is 11.9 Å². The van der Waals surface area contributed by atoms with E-state index in [2.05, 4.69) is 30.6 Å². The Morgan fingerprint density at radius 1 is 1.10 bits per heavy atom. The zero-order valence-corrected chi connectivity index (χ0v) is 18.4. The predicted molar refractivity (Wildman–Crippen MR) is 120 cm³/mol. The van der Waals surface area contributed by atoms with Gasteiger partial charge in [0.15, 0.2) is 11.6 Å². The zero-order chi connectivity index (χ0) is 20.9. The normalized spacial score (nSPS) is 23.4. The first-order valence-corrected chi connectivity index (χ1v) is 11.6. The molecular weight excluding hydrogens is 375 g/mol. The number of nitrogens with zero attached hydrogens (tertiary/aromatic N) is 1. The van der Waals surface area contributed by atoms with E-state index in [1.165, 1.54) is 62.1 Å². The van der Waals surface area contributed by atoms with E-state index in [-0.39, 0.29) is 5.82 Å². The molecule has 0 bridgehead atoms. The maximum absolute atomic E-state index is 13.7. The number of nitrogens with one attached hydrogen (secondary N) is 1. The van der Waals surface area contributed by atoms with Crippen molar-refractivity contribution in [3.63, 3.8) is 0 Å². The van der Waals surface area contributed by atoms with E-state index in [1.54, 1.807) is 0 Å². The van der Waals surface area contributed by atoms with Crippen LogP contribution in [0.3, 0.4) is 0 Å². The van der Waals surface area contributed by atoms with Gasteiger partial charge >= 0.3 is 0 Å². The van der Waals surface area contributed by atoms with E-state index >= 15 is 0 Å². The van der Waals surface area contributed by atoms with Gasteiger partial charge in [-0.3, -0.25) is 4.98 Å². The number of piperidine rings is 1. The second-order valence-electron chi connectivity index (χ2n) is 9.39. The number of pyridine rings is 1. The highest BCUT2D eigenvalue weighted by molar-refractivity contribution is 5.32. The predicted octanol–water partition coefficient (Wildman–Crippen LogP) is 5.85. The Morgan fingerprint density at radius 2 is 1.93 bits per heavy atom. The number of hydrogen-bond acceptors (Lipinski definition) is 3. The molecule has 0 spiro atoms. The summed E-state index contributed by atoms with van der Waals surface area (Å²) in [5.41, 5.74) is 3.82. The minimum Gasteiger partial charge on any atom is -0.494 e. The van der Waals surface area contributed by atoms with Crippen LogP contribution in [0.25, 0.3) is 0 Å². The summed E-state index contributed by atoms with van der Waals surface area (Å²) in [6.07, 6.45) is 10.7. The van der Waals surface area contributed by atoms with Crippen LogP contribution < -0.4 is 10.1 Å². The van der Waals surface area contributed by atoms with E-state index < -0.39 is 0 Å². The second kappa shape index (κ2) is 9.91. The molecule has 1 aromatic carbocycles. The maximum atomic E-state index is 13.7. The van der Waals surface area contributed by atoms with Crippen molar-refractivity contribution in [2.24, 2.45) is 11.8 Å². The van der Waals surface area contributed by atoms with E-state index in [4.69, 9.17) is 9.72 Å². The number of rotatable bonds is 7. The molecule has 1 N–H and O–H groups in total. The van der Waals surface area contributed by atoms with Crippen molar-refractivity contribution in [1.29, 1.82) is 0 Å². The SMILES string of the molecule is COc1cc([C@@H](C)C[C@H]2CC[C@@H](c3ccc(CC4CCNCC4)nc3)C2)ccc1F. The van der Waals surface area contributed by atoms with Crippen molar-refractivity contribution in [2.45, 2.75) is 63.7 Å². The molecule has 2 aliphatic rings. The molecule has 3 nitrogen and oxygen atoms in total. The summed E-state index contributed by atoms with van der Waals surface area (Å²) >= 11 is 0. The average molecular weight is 411 g/mol. The van der Waals surface area contributed by atoms with Gasteiger partial charge in [0.05, 0.1) is 7.11 Å². The van der Waals surface area contributed by atoms with Gasteiger partial charge in [-0.2, -0.15) is 0 Å². The molecule has 0 amide bonds. The summed E-state index contributed by atoms with van der Waals surface area (Å²) in [6, 6.07) is 9.87. The van der Waals surface area contributed by atoms with Crippen LogP contribution in [0.1, 0.15) is 74.1 Å². The van der Waals surface area contributed by atoms with E-state index in [1.807, 2.05) is 12.1 Å². The molecule has 0 radical (unpaired) electrons. The van der Waals surface area contributed by atoms with Crippen LogP contribution in [0.2, 0.25) is 0 Å². The summed E-state index contributed by atoms with van der Waals surface area (Å²) in [5.74, 6) is 2.60. The van der Waals surface area contributed by atoms with Gasteiger partial charge in [-0.05, 0) is 111 Å². The molecule has 1 saturated heterocycles. The van der Waals surface area contributed by atoms with Crippen molar-refractivity contribution in [3.05, 3.63) is 59.2 Å².